The van der Waals surface area contributed by atoms with Gasteiger partial charge in [0.2, 0.25) is 5.95 Å². The van der Waals surface area contributed by atoms with E-state index in [1.807, 2.05) is 0 Å². The van der Waals surface area contributed by atoms with E-state index in [0.29, 0.717) is 0 Å². The fourth-order valence-electron chi connectivity index (χ4n) is 5.40. The van der Waals surface area contributed by atoms with Gasteiger partial charge < -0.3 is 40.6 Å². The van der Waals surface area contributed by atoms with Crippen LogP contribution < -0.4 is 17.0 Å². The van der Waals surface area contributed by atoms with E-state index in [1.165, 1.54) is 28.1 Å². The van der Waals surface area contributed by atoms with Crippen molar-refractivity contribution < 1.29 is 51.8 Å². The number of hydrogen-bond acceptors (Lipinski definition) is 18. The van der Waals surface area contributed by atoms with Crippen molar-refractivity contribution in [2.75, 3.05) is 31.3 Å². The summed E-state index contributed by atoms with van der Waals surface area (Å²) >= 11 is 0. The van der Waals surface area contributed by atoms with Crippen molar-refractivity contribution in [3.8, 4) is 0 Å². The third kappa shape index (κ3) is 5.32. The molecule has 0 radical (unpaired) electrons. The molecule has 24 heteroatoms. The lowest BCUT2D eigenvalue weighted by Gasteiger charge is -2.26. The van der Waals surface area contributed by atoms with Gasteiger partial charge in [-0.15, -0.1) is 0 Å². The Bertz CT molecular complexity index is 1940. The minimum Gasteiger partial charge on any atom is -0.387 e. The fourth-order valence-corrected chi connectivity index (χ4v) is 7.52. The van der Waals surface area contributed by atoms with Crippen LogP contribution in [0.15, 0.2) is 23.8 Å². The molecule has 4 aromatic heterocycles. The van der Waals surface area contributed by atoms with E-state index >= 15 is 0 Å². The molecular formula is C21H26N10O12P2. The second-order valence-corrected chi connectivity index (χ2v) is 13.9. The Labute approximate surface area is 250 Å². The first-order valence-electron chi connectivity index (χ1n) is 13.2. The van der Waals surface area contributed by atoms with E-state index in [-0.39, 0.29) is 34.1 Å². The second-order valence-electron chi connectivity index (χ2n) is 10.4. The molecule has 2 bridgehead atoms. The van der Waals surface area contributed by atoms with Crippen molar-refractivity contribution in [2.24, 2.45) is 0 Å². The van der Waals surface area contributed by atoms with Crippen molar-refractivity contribution in [3.63, 3.8) is 0 Å². The van der Waals surface area contributed by atoms with Gasteiger partial charge in [0, 0.05) is 6.66 Å². The Hall–Kier alpha value is -3.40. The summed E-state index contributed by atoms with van der Waals surface area (Å²) < 4.78 is 63.0. The van der Waals surface area contributed by atoms with Gasteiger partial charge in [0.1, 0.15) is 48.5 Å². The zero-order valence-corrected chi connectivity index (χ0v) is 24.7. The molecule has 7 rings (SSSR count). The number of H-pyrrole nitrogens is 1. The Kier molecular flexibility index (Phi) is 7.30. The van der Waals surface area contributed by atoms with Gasteiger partial charge in [-0.2, -0.15) is 4.98 Å². The molecule has 10 atom stereocenters. The standard InChI is InChI=1S/C21H26N10O12P2/c1-44(35)38-3-8-13(12(33)19(41-8)30-5-26-9-15(22)24-4-25-16(9)30)43-45(36,37)39-2-7-11(32)14(42-44)20(40-7)31-6-27-10-17(31)28-21(23)29-18(10)34/h4-8,11-14,19-20,32-33H,2-3H2,1H3,(H,36,37)(H2,22,24,25)(H3,23,28,29,34)/t7-,8-,11?,12?,13?,14?,19?,20-,44?/m1/s1. The molecule has 3 aliphatic rings. The minimum absolute atomic E-state index is 0.0472. The molecule has 3 aliphatic heterocycles. The highest BCUT2D eigenvalue weighted by molar-refractivity contribution is 7.53. The van der Waals surface area contributed by atoms with E-state index in [2.05, 4.69) is 29.9 Å². The first-order valence-corrected chi connectivity index (χ1v) is 16.7. The predicted octanol–water partition coefficient (Wildman–Crippen LogP) is -1.62. The molecule has 7 heterocycles. The van der Waals surface area contributed by atoms with Crippen LogP contribution in [0.2, 0.25) is 0 Å². The zero-order chi connectivity index (χ0) is 31.8. The summed E-state index contributed by atoms with van der Waals surface area (Å²) in [6.07, 6.45) is -7.93. The van der Waals surface area contributed by atoms with Gasteiger partial charge in [0.05, 0.1) is 25.9 Å². The maximum Gasteiger partial charge on any atom is 0.472 e. The van der Waals surface area contributed by atoms with Crippen molar-refractivity contribution in [1.29, 1.82) is 0 Å². The number of nitrogens with one attached hydrogen (secondary N) is 1. The highest BCUT2D eigenvalue weighted by Crippen LogP contribution is 2.54. The first-order chi connectivity index (χ1) is 21.3. The molecule has 7 unspecified atom stereocenters. The van der Waals surface area contributed by atoms with Crippen molar-refractivity contribution in [3.05, 3.63) is 29.3 Å². The lowest BCUT2D eigenvalue weighted by molar-refractivity contribution is -0.0628. The highest BCUT2D eigenvalue weighted by atomic mass is 31.2. The summed E-state index contributed by atoms with van der Waals surface area (Å²) in [6.45, 7) is -0.204. The zero-order valence-electron chi connectivity index (χ0n) is 23.0. The smallest absolute Gasteiger partial charge is 0.387 e. The molecule has 22 nitrogen and oxygen atoms in total. The largest absolute Gasteiger partial charge is 0.472 e. The van der Waals surface area contributed by atoms with Gasteiger partial charge in [-0.05, 0) is 0 Å². The Balaban J connectivity index is 1.21. The van der Waals surface area contributed by atoms with Crippen LogP contribution in [0.3, 0.4) is 0 Å². The van der Waals surface area contributed by atoms with Crippen molar-refractivity contribution in [2.45, 2.75) is 49.1 Å². The summed E-state index contributed by atoms with van der Waals surface area (Å²) in [6, 6.07) is 0. The summed E-state index contributed by atoms with van der Waals surface area (Å²) in [7, 11) is -9.12. The van der Waals surface area contributed by atoms with Gasteiger partial charge in [-0.3, -0.25) is 37.0 Å². The molecule has 242 valence electrons. The van der Waals surface area contributed by atoms with E-state index in [1.54, 1.807) is 0 Å². The van der Waals surface area contributed by atoms with Crippen molar-refractivity contribution >= 4 is 49.5 Å². The number of aromatic nitrogens is 8. The number of nitrogen functional groups attached to an aromatic ring is 2. The number of fused-ring (bicyclic) bond motifs is 5. The second kappa shape index (κ2) is 10.9. The topological polar surface area (TPSA) is 309 Å². The van der Waals surface area contributed by atoms with E-state index in [4.69, 9.17) is 39.0 Å². The number of phosphoric acid groups is 1. The van der Waals surface area contributed by atoms with Crippen LogP contribution >= 0.6 is 15.4 Å². The number of imidazole rings is 2. The molecule has 4 aromatic rings. The third-order valence-corrected chi connectivity index (χ3v) is 9.68. The minimum atomic E-state index is -5.00. The Morgan fingerprint density at radius 1 is 0.889 bits per heavy atom. The van der Waals surface area contributed by atoms with Crippen molar-refractivity contribution in [1.82, 2.24) is 39.0 Å². The van der Waals surface area contributed by atoms with Gasteiger partial charge in [0.25, 0.3) is 5.56 Å². The number of ether oxygens (including phenoxy) is 2. The number of aliphatic hydroxyl groups is 2. The van der Waals surface area contributed by atoms with Crippen LogP contribution in [-0.2, 0) is 36.7 Å². The third-order valence-electron chi connectivity index (χ3n) is 7.45. The molecule has 0 spiro atoms. The molecule has 3 saturated heterocycles. The number of hydrogen-bond donors (Lipinski definition) is 6. The van der Waals surface area contributed by atoms with Crippen LogP contribution in [0.5, 0.6) is 0 Å². The average Bonchev–Trinajstić information content (AvgIpc) is 3.72. The molecule has 45 heavy (non-hydrogen) atoms. The molecule has 8 N–H and O–H groups in total. The summed E-state index contributed by atoms with van der Waals surface area (Å²) in [5, 5.41) is 22.3. The average molecular weight is 672 g/mol. The molecule has 0 saturated carbocycles. The predicted molar refractivity (Wildman–Crippen MR) is 147 cm³/mol. The fraction of sp³-hybridized carbons (Fsp3) is 0.524. The highest BCUT2D eigenvalue weighted by Gasteiger charge is 2.53. The number of rotatable bonds is 2. The molecular weight excluding hydrogens is 646 g/mol. The van der Waals surface area contributed by atoms with Crippen LogP contribution in [0, 0.1) is 0 Å². The number of nitrogens with two attached hydrogens (primary N) is 2. The van der Waals surface area contributed by atoms with E-state index in [9.17, 15) is 29.0 Å². The summed E-state index contributed by atoms with van der Waals surface area (Å²) in [5.74, 6) is -0.167. The lowest BCUT2D eigenvalue weighted by atomic mass is 10.1. The number of aromatic amines is 1. The molecule has 0 aromatic carbocycles. The quantitative estimate of drug-likeness (QED) is 0.130. The number of aliphatic hydroxyl groups excluding tert-OH is 2. The molecule has 0 aliphatic carbocycles. The number of nitrogens with zero attached hydrogens (tertiary/aromatic N) is 7. The normalized spacial score (nSPS) is 37.7. The van der Waals surface area contributed by atoms with Crippen LogP contribution in [-0.4, -0.2) is 111 Å². The monoisotopic (exact) mass is 672 g/mol. The number of anilines is 2. The van der Waals surface area contributed by atoms with Gasteiger partial charge in [-0.1, -0.05) is 0 Å². The maximum absolute atomic E-state index is 13.6. The van der Waals surface area contributed by atoms with E-state index in [0.717, 1.165) is 6.66 Å². The SMILES string of the molecule is CP1(=O)OC[C@H]2OC(n3cnc4c(N)ncnc43)C(O)C2OP(=O)(O)OC[C@H]2O[C@@H](n3cnc4c(=O)[nH]c(N)nc43)C(O1)C2O. The summed E-state index contributed by atoms with van der Waals surface area (Å²) in [5.41, 5.74) is 11.1. The first kappa shape index (κ1) is 30.3. The Morgan fingerprint density at radius 2 is 1.58 bits per heavy atom. The maximum atomic E-state index is 13.6. The van der Waals surface area contributed by atoms with Gasteiger partial charge in [-0.25, -0.2) is 24.5 Å². The van der Waals surface area contributed by atoms with Crippen LogP contribution in [0.25, 0.3) is 22.3 Å². The lowest BCUT2D eigenvalue weighted by Crippen LogP contribution is -2.36. The molecule has 3 fully saturated rings. The van der Waals surface area contributed by atoms with Gasteiger partial charge >= 0.3 is 15.4 Å². The number of phosphoric ester groups is 1. The van der Waals surface area contributed by atoms with Crippen LogP contribution in [0.1, 0.15) is 12.5 Å². The van der Waals surface area contributed by atoms with Gasteiger partial charge in [0.15, 0.2) is 35.1 Å². The Morgan fingerprint density at radius 3 is 2.36 bits per heavy atom. The summed E-state index contributed by atoms with van der Waals surface area (Å²) in [4.78, 5) is 45.5. The molecule has 0 amide bonds. The van der Waals surface area contributed by atoms with Crippen LogP contribution in [0.4, 0.5) is 11.8 Å². The van der Waals surface area contributed by atoms with E-state index < -0.39 is 83.3 Å².